The molecule has 0 aliphatic rings. The molecule has 0 spiro atoms. The zero-order chi connectivity index (χ0) is 12.8. The van der Waals surface area contributed by atoms with Gasteiger partial charge in [0.05, 0.1) is 6.61 Å². The zero-order valence-corrected chi connectivity index (χ0v) is 12.2. The van der Waals surface area contributed by atoms with Crippen molar-refractivity contribution in [3.8, 4) is 0 Å². The molecule has 0 aliphatic heterocycles. The van der Waals surface area contributed by atoms with E-state index < -0.39 is 0 Å². The molecule has 1 nitrogen and oxygen atoms in total. The summed E-state index contributed by atoms with van der Waals surface area (Å²) in [4.78, 5) is 0. The Balaban J connectivity index is 2.27. The molecule has 0 saturated carbocycles. The Bertz CT molecular complexity index is 470. The van der Waals surface area contributed by atoms with E-state index in [4.69, 9.17) is 16.3 Å². The average molecular weight is 326 g/mol. The van der Waals surface area contributed by atoms with Crippen molar-refractivity contribution in [1.82, 2.24) is 0 Å². The Hall–Kier alpha value is -0.830. The molecule has 0 N–H and O–H groups in total. The second-order valence-corrected chi connectivity index (χ2v) is 5.20. The highest BCUT2D eigenvalue weighted by atomic mass is 79.9. The van der Waals surface area contributed by atoms with Gasteiger partial charge in [-0.05, 0) is 23.3 Å². The Morgan fingerprint density at radius 3 is 2.17 bits per heavy atom. The van der Waals surface area contributed by atoms with Crippen molar-refractivity contribution in [1.29, 1.82) is 0 Å². The molecule has 1 unspecified atom stereocenters. The molecule has 2 aromatic rings. The third kappa shape index (κ3) is 3.58. The summed E-state index contributed by atoms with van der Waals surface area (Å²) in [5, 5.41) is 0. The molecule has 18 heavy (non-hydrogen) atoms. The van der Waals surface area contributed by atoms with Gasteiger partial charge in [-0.2, -0.15) is 0 Å². The minimum Gasteiger partial charge on any atom is -0.368 e. The fourth-order valence-electron chi connectivity index (χ4n) is 1.81. The van der Waals surface area contributed by atoms with E-state index in [0.29, 0.717) is 12.5 Å². The highest BCUT2D eigenvalue weighted by molar-refractivity contribution is 9.10. The highest BCUT2D eigenvalue weighted by Gasteiger charge is 2.13. The quantitative estimate of drug-likeness (QED) is 0.718. The van der Waals surface area contributed by atoms with E-state index in [-0.39, 0.29) is 6.10 Å². The summed E-state index contributed by atoms with van der Waals surface area (Å²) >= 11 is 9.15. The molecule has 3 heteroatoms. The standard InChI is InChI=1S/C15H14BrClO/c16-14-8-6-13(7-9-14)15(18-11-10-17)12-4-2-1-3-5-12/h1-9,15H,10-11H2. The fourth-order valence-corrected chi connectivity index (χ4v) is 2.17. The lowest BCUT2D eigenvalue weighted by atomic mass is 10.0. The second kappa shape index (κ2) is 6.93. The summed E-state index contributed by atoms with van der Waals surface area (Å²) in [6, 6.07) is 18.4. The van der Waals surface area contributed by atoms with Gasteiger partial charge in [-0.1, -0.05) is 58.4 Å². The van der Waals surface area contributed by atoms with Crippen LogP contribution in [-0.2, 0) is 4.74 Å². The Morgan fingerprint density at radius 1 is 0.944 bits per heavy atom. The Morgan fingerprint density at radius 2 is 1.56 bits per heavy atom. The van der Waals surface area contributed by atoms with E-state index in [1.54, 1.807) is 0 Å². The maximum Gasteiger partial charge on any atom is 0.108 e. The molecule has 0 saturated heterocycles. The van der Waals surface area contributed by atoms with E-state index >= 15 is 0 Å². The summed E-state index contributed by atoms with van der Waals surface area (Å²) < 4.78 is 6.92. The predicted octanol–water partition coefficient (Wildman–Crippen LogP) is 4.79. The van der Waals surface area contributed by atoms with Crippen molar-refractivity contribution in [2.75, 3.05) is 12.5 Å². The number of rotatable bonds is 5. The van der Waals surface area contributed by atoms with Crippen molar-refractivity contribution in [3.63, 3.8) is 0 Å². The smallest absolute Gasteiger partial charge is 0.108 e. The summed E-state index contributed by atoms with van der Waals surface area (Å²) in [5.41, 5.74) is 2.28. The van der Waals surface area contributed by atoms with Crippen LogP contribution < -0.4 is 0 Å². The van der Waals surface area contributed by atoms with Crippen LogP contribution in [0.2, 0.25) is 0 Å². The normalized spacial score (nSPS) is 12.3. The topological polar surface area (TPSA) is 9.23 Å². The lowest BCUT2D eigenvalue weighted by Crippen LogP contribution is -2.08. The highest BCUT2D eigenvalue weighted by Crippen LogP contribution is 2.27. The number of hydrogen-bond acceptors (Lipinski definition) is 1. The van der Waals surface area contributed by atoms with Crippen molar-refractivity contribution >= 4 is 27.5 Å². The van der Waals surface area contributed by atoms with Crippen LogP contribution in [0.3, 0.4) is 0 Å². The monoisotopic (exact) mass is 324 g/mol. The molecule has 94 valence electrons. The molecule has 0 heterocycles. The maximum atomic E-state index is 5.86. The largest absolute Gasteiger partial charge is 0.368 e. The van der Waals surface area contributed by atoms with Crippen molar-refractivity contribution in [3.05, 3.63) is 70.2 Å². The number of benzene rings is 2. The van der Waals surface area contributed by atoms with Crippen LogP contribution >= 0.6 is 27.5 Å². The van der Waals surface area contributed by atoms with E-state index in [9.17, 15) is 0 Å². The number of alkyl halides is 1. The van der Waals surface area contributed by atoms with Gasteiger partial charge < -0.3 is 4.74 Å². The average Bonchev–Trinajstić information content (AvgIpc) is 2.42. The van der Waals surface area contributed by atoms with Crippen LogP contribution in [0.15, 0.2) is 59.1 Å². The first kappa shape index (κ1) is 13.6. The summed E-state index contributed by atoms with van der Waals surface area (Å²) in [5.74, 6) is 0.500. The maximum absolute atomic E-state index is 5.86. The number of hydrogen-bond donors (Lipinski definition) is 0. The zero-order valence-electron chi connectivity index (χ0n) is 9.85. The molecular formula is C15H14BrClO. The first-order valence-corrected chi connectivity index (χ1v) is 7.12. The Labute approximate surface area is 121 Å². The molecule has 0 amide bonds. The van der Waals surface area contributed by atoms with Gasteiger partial charge in [0.1, 0.15) is 6.10 Å². The summed E-state index contributed by atoms with van der Waals surface area (Å²) in [6.45, 7) is 0.539. The molecule has 0 bridgehead atoms. The molecular weight excluding hydrogens is 312 g/mol. The predicted molar refractivity (Wildman–Crippen MR) is 79.1 cm³/mol. The van der Waals surface area contributed by atoms with Gasteiger partial charge in [-0.25, -0.2) is 0 Å². The summed E-state index contributed by atoms with van der Waals surface area (Å²) in [6.07, 6.45) is -0.0574. The van der Waals surface area contributed by atoms with Gasteiger partial charge in [-0.3, -0.25) is 0 Å². The minimum atomic E-state index is -0.0574. The molecule has 1 atom stereocenters. The molecule has 2 rings (SSSR count). The van der Waals surface area contributed by atoms with Crippen LogP contribution in [0.1, 0.15) is 17.2 Å². The summed E-state index contributed by atoms with van der Waals surface area (Å²) in [7, 11) is 0. The van der Waals surface area contributed by atoms with Gasteiger partial charge in [0.2, 0.25) is 0 Å². The van der Waals surface area contributed by atoms with E-state index in [1.165, 1.54) is 0 Å². The van der Waals surface area contributed by atoms with Gasteiger partial charge in [-0.15, -0.1) is 11.6 Å². The second-order valence-electron chi connectivity index (χ2n) is 3.90. The van der Waals surface area contributed by atoms with Crippen LogP contribution in [0.4, 0.5) is 0 Å². The third-order valence-corrected chi connectivity index (χ3v) is 3.32. The van der Waals surface area contributed by atoms with Crippen LogP contribution in [0.25, 0.3) is 0 Å². The van der Waals surface area contributed by atoms with Crippen molar-refractivity contribution < 1.29 is 4.74 Å². The number of halogens is 2. The number of ether oxygens (including phenoxy) is 1. The fraction of sp³-hybridized carbons (Fsp3) is 0.200. The van der Waals surface area contributed by atoms with Crippen molar-refractivity contribution in [2.24, 2.45) is 0 Å². The van der Waals surface area contributed by atoms with Crippen LogP contribution in [0.5, 0.6) is 0 Å². The van der Waals surface area contributed by atoms with Crippen LogP contribution in [0, 0.1) is 0 Å². The molecule has 0 aromatic heterocycles. The van der Waals surface area contributed by atoms with E-state index in [0.717, 1.165) is 15.6 Å². The van der Waals surface area contributed by atoms with Gasteiger partial charge in [0.15, 0.2) is 0 Å². The minimum absolute atomic E-state index is 0.0574. The van der Waals surface area contributed by atoms with Gasteiger partial charge in [0, 0.05) is 10.4 Å². The van der Waals surface area contributed by atoms with Gasteiger partial charge >= 0.3 is 0 Å². The molecule has 0 aliphatic carbocycles. The molecule has 0 fully saturated rings. The third-order valence-electron chi connectivity index (χ3n) is 2.64. The first-order chi connectivity index (χ1) is 8.81. The Kier molecular flexibility index (Phi) is 5.24. The molecule has 2 aromatic carbocycles. The van der Waals surface area contributed by atoms with E-state index in [2.05, 4.69) is 40.2 Å². The van der Waals surface area contributed by atoms with Gasteiger partial charge in [0.25, 0.3) is 0 Å². The molecule has 0 radical (unpaired) electrons. The SMILES string of the molecule is ClCCOC(c1ccccc1)c1ccc(Br)cc1. The first-order valence-electron chi connectivity index (χ1n) is 5.79. The van der Waals surface area contributed by atoms with E-state index in [1.807, 2.05) is 30.3 Å². The lowest BCUT2D eigenvalue weighted by molar-refractivity contribution is 0.0929. The van der Waals surface area contributed by atoms with Crippen LogP contribution in [-0.4, -0.2) is 12.5 Å². The lowest BCUT2D eigenvalue weighted by Gasteiger charge is -2.18. The van der Waals surface area contributed by atoms with Crippen molar-refractivity contribution in [2.45, 2.75) is 6.10 Å².